The number of anilines is 1. The van der Waals surface area contributed by atoms with E-state index in [1.165, 1.54) is 0 Å². The average Bonchev–Trinajstić information content (AvgIpc) is 3.34. The number of ether oxygens (including phenoxy) is 1. The van der Waals surface area contributed by atoms with E-state index in [1.807, 2.05) is 55.5 Å². The number of aromatic nitrogens is 1. The summed E-state index contributed by atoms with van der Waals surface area (Å²) in [6.45, 7) is 2.82. The van der Waals surface area contributed by atoms with Gasteiger partial charge in [0.1, 0.15) is 11.2 Å². The van der Waals surface area contributed by atoms with Crippen LogP contribution in [0.25, 0.3) is 0 Å². The molecule has 3 aromatic rings. The molecule has 2 aliphatic rings. The maximum absolute atomic E-state index is 13.8. The van der Waals surface area contributed by atoms with Crippen LogP contribution in [-0.4, -0.2) is 34.8 Å². The number of para-hydroxylation sites is 2. The Bertz CT molecular complexity index is 1150. The summed E-state index contributed by atoms with van der Waals surface area (Å²) >= 11 is 0. The van der Waals surface area contributed by atoms with Crippen LogP contribution >= 0.6 is 0 Å². The first-order valence-corrected chi connectivity index (χ1v) is 10.5. The van der Waals surface area contributed by atoms with Crippen LogP contribution in [0, 0.1) is 0 Å². The topological polar surface area (TPSA) is 71.5 Å². The van der Waals surface area contributed by atoms with Gasteiger partial charge in [-0.25, -0.2) is 0 Å². The minimum absolute atomic E-state index is 0.0732. The number of hydrogen-bond acceptors (Lipinski definition) is 4. The number of pyridine rings is 1. The molecule has 5 rings (SSSR count). The first-order valence-electron chi connectivity index (χ1n) is 10.5. The molecule has 0 bridgehead atoms. The Balaban J connectivity index is 1.65. The largest absolute Gasteiger partial charge is 0.493 e. The number of carbonyl (C=O) groups excluding carboxylic acids is 2. The van der Waals surface area contributed by atoms with Crippen molar-refractivity contribution >= 4 is 17.5 Å². The molecule has 1 fully saturated rings. The Labute approximate surface area is 180 Å². The maximum atomic E-state index is 13.8. The first kappa shape index (κ1) is 19.3. The highest BCUT2D eigenvalue weighted by atomic mass is 16.5. The van der Waals surface area contributed by atoms with E-state index < -0.39 is 11.5 Å². The lowest BCUT2D eigenvalue weighted by Crippen LogP contribution is -2.42. The lowest BCUT2D eigenvalue weighted by molar-refractivity contribution is -0.121. The van der Waals surface area contributed by atoms with E-state index in [0.29, 0.717) is 30.9 Å². The van der Waals surface area contributed by atoms with Crippen LogP contribution in [0.3, 0.4) is 0 Å². The minimum atomic E-state index is -0.851. The Morgan fingerprint density at radius 2 is 1.97 bits per heavy atom. The van der Waals surface area contributed by atoms with Gasteiger partial charge < -0.3 is 15.0 Å². The molecule has 2 aliphatic heterocycles. The van der Waals surface area contributed by atoms with E-state index in [1.54, 1.807) is 29.4 Å². The molecule has 6 nitrogen and oxygen atoms in total. The van der Waals surface area contributed by atoms with Crippen molar-refractivity contribution in [3.05, 3.63) is 89.7 Å². The molecule has 1 saturated heterocycles. The first-order chi connectivity index (χ1) is 15.2. The molecule has 0 radical (unpaired) electrons. The van der Waals surface area contributed by atoms with E-state index in [2.05, 4.69) is 10.3 Å². The number of carbonyl (C=O) groups is 2. The summed E-state index contributed by atoms with van der Waals surface area (Å²) in [6, 6.07) is 18.3. The molecule has 2 amide bonds. The molecule has 2 atom stereocenters. The van der Waals surface area contributed by atoms with Crippen molar-refractivity contribution in [2.45, 2.75) is 24.8 Å². The van der Waals surface area contributed by atoms with Gasteiger partial charge in [-0.15, -0.1) is 0 Å². The summed E-state index contributed by atoms with van der Waals surface area (Å²) in [7, 11) is 0. The van der Waals surface area contributed by atoms with Crippen LogP contribution in [0.1, 0.15) is 40.9 Å². The van der Waals surface area contributed by atoms with Crippen LogP contribution in [0.4, 0.5) is 5.69 Å². The second kappa shape index (κ2) is 7.54. The Kier molecular flexibility index (Phi) is 4.70. The Morgan fingerprint density at radius 1 is 1.16 bits per heavy atom. The molecule has 31 heavy (non-hydrogen) atoms. The second-order valence-electron chi connectivity index (χ2n) is 7.84. The fourth-order valence-corrected chi connectivity index (χ4v) is 4.99. The third-order valence-corrected chi connectivity index (χ3v) is 6.26. The van der Waals surface area contributed by atoms with E-state index in [-0.39, 0.29) is 11.8 Å². The number of amides is 2. The molecule has 2 aromatic carbocycles. The molecule has 1 spiro atoms. The molecule has 156 valence electrons. The van der Waals surface area contributed by atoms with Crippen molar-refractivity contribution in [3.63, 3.8) is 0 Å². The molecule has 2 unspecified atom stereocenters. The highest BCUT2D eigenvalue weighted by Crippen LogP contribution is 2.55. The number of hydrogen-bond donors (Lipinski definition) is 1. The molecule has 0 saturated carbocycles. The van der Waals surface area contributed by atoms with E-state index >= 15 is 0 Å². The van der Waals surface area contributed by atoms with Crippen molar-refractivity contribution in [2.75, 3.05) is 18.5 Å². The SMILES string of the molecule is CCOc1ccccc1C(=O)N1CCC2(C(=O)Nc3ccccc32)C1c1cccnc1. The molecule has 1 aromatic heterocycles. The summed E-state index contributed by atoms with van der Waals surface area (Å²) in [5, 5.41) is 3.04. The van der Waals surface area contributed by atoms with Crippen molar-refractivity contribution < 1.29 is 14.3 Å². The molecule has 1 N–H and O–H groups in total. The highest BCUT2D eigenvalue weighted by molar-refractivity contribution is 6.08. The molecular weight excluding hydrogens is 390 g/mol. The number of rotatable bonds is 4. The summed E-state index contributed by atoms with van der Waals surface area (Å²) in [5.74, 6) is 0.333. The fraction of sp³-hybridized carbons (Fsp3) is 0.240. The summed E-state index contributed by atoms with van der Waals surface area (Å²) < 4.78 is 5.71. The van der Waals surface area contributed by atoms with E-state index in [4.69, 9.17) is 4.74 Å². The average molecular weight is 413 g/mol. The second-order valence-corrected chi connectivity index (χ2v) is 7.84. The van der Waals surface area contributed by atoms with Crippen molar-refractivity contribution in [3.8, 4) is 5.75 Å². The molecular formula is C25H23N3O3. The smallest absolute Gasteiger partial charge is 0.258 e. The predicted molar refractivity (Wildman–Crippen MR) is 117 cm³/mol. The lowest BCUT2D eigenvalue weighted by atomic mass is 9.73. The number of nitrogens with zero attached hydrogens (tertiary/aromatic N) is 2. The summed E-state index contributed by atoms with van der Waals surface area (Å²) in [6.07, 6.45) is 3.99. The highest BCUT2D eigenvalue weighted by Gasteiger charge is 2.59. The van der Waals surface area contributed by atoms with Crippen molar-refractivity contribution in [1.82, 2.24) is 9.88 Å². The number of fused-ring (bicyclic) bond motifs is 2. The van der Waals surface area contributed by atoms with Gasteiger partial charge in [-0.05, 0) is 48.7 Å². The zero-order chi connectivity index (χ0) is 21.4. The zero-order valence-electron chi connectivity index (χ0n) is 17.2. The van der Waals surface area contributed by atoms with Crippen LogP contribution < -0.4 is 10.1 Å². The van der Waals surface area contributed by atoms with Crippen molar-refractivity contribution in [1.29, 1.82) is 0 Å². The van der Waals surface area contributed by atoms with Gasteiger partial charge >= 0.3 is 0 Å². The van der Waals surface area contributed by atoms with Crippen LogP contribution in [0.15, 0.2) is 73.1 Å². The van der Waals surface area contributed by atoms with Gasteiger partial charge in [-0.1, -0.05) is 36.4 Å². The van der Waals surface area contributed by atoms with Gasteiger partial charge in [0, 0.05) is 24.6 Å². The third kappa shape index (κ3) is 2.90. The quantitative estimate of drug-likeness (QED) is 0.703. The zero-order valence-corrected chi connectivity index (χ0v) is 17.2. The Morgan fingerprint density at radius 3 is 2.77 bits per heavy atom. The number of benzene rings is 2. The van der Waals surface area contributed by atoms with Gasteiger partial charge in [0.05, 0.1) is 18.2 Å². The molecule has 6 heteroatoms. The van der Waals surface area contributed by atoms with Crippen LogP contribution in [0.5, 0.6) is 5.75 Å². The van der Waals surface area contributed by atoms with Gasteiger partial charge in [-0.2, -0.15) is 0 Å². The Hall–Kier alpha value is -3.67. The van der Waals surface area contributed by atoms with Gasteiger partial charge in [-0.3, -0.25) is 14.6 Å². The van der Waals surface area contributed by atoms with Gasteiger partial charge in [0.25, 0.3) is 5.91 Å². The monoisotopic (exact) mass is 413 g/mol. The summed E-state index contributed by atoms with van der Waals surface area (Å²) in [5.41, 5.74) is 2.24. The van der Waals surface area contributed by atoms with Crippen LogP contribution in [0.2, 0.25) is 0 Å². The van der Waals surface area contributed by atoms with E-state index in [9.17, 15) is 9.59 Å². The predicted octanol–water partition coefficient (Wildman–Crippen LogP) is 3.96. The molecule has 0 aliphatic carbocycles. The number of nitrogens with one attached hydrogen (secondary N) is 1. The molecule has 3 heterocycles. The fourth-order valence-electron chi connectivity index (χ4n) is 4.99. The van der Waals surface area contributed by atoms with E-state index in [0.717, 1.165) is 16.8 Å². The normalized spacial score (nSPS) is 21.8. The number of likely N-dealkylation sites (tertiary alicyclic amines) is 1. The van der Waals surface area contributed by atoms with Gasteiger partial charge in [0.2, 0.25) is 5.91 Å². The maximum Gasteiger partial charge on any atom is 0.258 e. The standard InChI is InChI=1S/C25H23N3O3/c1-2-31-21-12-6-3-9-18(21)23(29)28-15-13-25(22(28)17-8-7-14-26-16-17)19-10-4-5-11-20(19)27-24(25)30/h3-12,14,16,22H,2,13,15H2,1H3,(H,27,30). The van der Waals surface area contributed by atoms with Gasteiger partial charge in [0.15, 0.2) is 0 Å². The minimum Gasteiger partial charge on any atom is -0.493 e. The lowest BCUT2D eigenvalue weighted by Gasteiger charge is -2.34. The van der Waals surface area contributed by atoms with Crippen molar-refractivity contribution in [2.24, 2.45) is 0 Å². The van der Waals surface area contributed by atoms with Crippen LogP contribution in [-0.2, 0) is 10.2 Å². The third-order valence-electron chi connectivity index (χ3n) is 6.26. The summed E-state index contributed by atoms with van der Waals surface area (Å²) in [4.78, 5) is 33.3.